The lowest BCUT2D eigenvalue weighted by Crippen LogP contribution is -2.13. The monoisotopic (exact) mass is 449 g/mol. The second-order valence-electron chi connectivity index (χ2n) is 6.03. The van der Waals surface area contributed by atoms with Gasteiger partial charge in [-0.1, -0.05) is 82.8 Å². The Bertz CT molecular complexity index is 1010. The SMILES string of the molecule is Cc1ccc(S(=O)(=O)N2C(I)C2c2cccc3ccccc23)cc1. The highest BCUT2D eigenvalue weighted by molar-refractivity contribution is 14.1. The average molecular weight is 449 g/mol. The maximum Gasteiger partial charge on any atom is 0.244 e. The minimum atomic E-state index is -3.47. The maximum atomic E-state index is 13.0. The summed E-state index contributed by atoms with van der Waals surface area (Å²) < 4.78 is 27.5. The van der Waals surface area contributed by atoms with Crippen LogP contribution in [0.25, 0.3) is 10.8 Å². The molecule has 5 heteroatoms. The highest BCUT2D eigenvalue weighted by Gasteiger charge is 2.55. The van der Waals surface area contributed by atoms with Crippen LogP contribution in [0.5, 0.6) is 0 Å². The van der Waals surface area contributed by atoms with E-state index in [0.29, 0.717) is 4.90 Å². The summed E-state index contributed by atoms with van der Waals surface area (Å²) in [7, 11) is -3.47. The average Bonchev–Trinajstić information content (AvgIpc) is 3.26. The summed E-state index contributed by atoms with van der Waals surface area (Å²) in [6, 6.07) is 21.1. The fourth-order valence-corrected chi connectivity index (χ4v) is 6.68. The van der Waals surface area contributed by atoms with Crippen molar-refractivity contribution in [2.24, 2.45) is 0 Å². The van der Waals surface area contributed by atoms with Gasteiger partial charge in [-0.3, -0.25) is 0 Å². The summed E-state index contributed by atoms with van der Waals surface area (Å²) in [5, 5.41) is 2.26. The molecule has 4 rings (SSSR count). The van der Waals surface area contributed by atoms with Crippen LogP contribution < -0.4 is 0 Å². The lowest BCUT2D eigenvalue weighted by molar-refractivity contribution is 0.554. The first-order valence-electron chi connectivity index (χ1n) is 7.72. The van der Waals surface area contributed by atoms with Crippen molar-refractivity contribution in [2.75, 3.05) is 0 Å². The third-order valence-electron chi connectivity index (χ3n) is 4.43. The Labute approximate surface area is 155 Å². The molecule has 24 heavy (non-hydrogen) atoms. The molecule has 3 atom stereocenters. The fraction of sp³-hybridized carbons (Fsp3) is 0.158. The molecule has 3 unspecified atom stereocenters. The van der Waals surface area contributed by atoms with Crippen molar-refractivity contribution in [3.8, 4) is 0 Å². The molecule has 1 aliphatic rings. The summed E-state index contributed by atoms with van der Waals surface area (Å²) in [6.07, 6.45) is 0. The second-order valence-corrected chi connectivity index (χ2v) is 9.15. The van der Waals surface area contributed by atoms with Crippen molar-refractivity contribution >= 4 is 43.4 Å². The molecule has 3 aromatic carbocycles. The molecule has 0 radical (unpaired) electrons. The molecule has 0 aliphatic carbocycles. The summed E-state index contributed by atoms with van der Waals surface area (Å²) in [6.45, 7) is 1.95. The van der Waals surface area contributed by atoms with Crippen molar-refractivity contribution in [1.82, 2.24) is 4.31 Å². The third-order valence-corrected chi connectivity index (χ3v) is 7.96. The maximum absolute atomic E-state index is 13.0. The van der Waals surface area contributed by atoms with E-state index in [1.807, 2.05) is 43.3 Å². The van der Waals surface area contributed by atoms with E-state index in [2.05, 4.69) is 40.8 Å². The number of rotatable bonds is 3. The zero-order chi connectivity index (χ0) is 16.9. The van der Waals surface area contributed by atoms with Crippen molar-refractivity contribution < 1.29 is 8.42 Å². The van der Waals surface area contributed by atoms with Crippen LogP contribution in [-0.4, -0.2) is 16.8 Å². The fourth-order valence-electron chi connectivity index (χ4n) is 3.09. The molecule has 0 bridgehead atoms. The second kappa shape index (κ2) is 5.82. The van der Waals surface area contributed by atoms with Gasteiger partial charge in [-0.25, -0.2) is 8.42 Å². The number of fused-ring (bicyclic) bond motifs is 1. The first kappa shape index (κ1) is 16.1. The number of aryl methyl sites for hydroxylation is 1. The molecule has 122 valence electrons. The van der Waals surface area contributed by atoms with Gasteiger partial charge in [0.1, 0.15) is 0 Å². The van der Waals surface area contributed by atoms with E-state index in [9.17, 15) is 8.42 Å². The Hall–Kier alpha value is -1.44. The summed E-state index contributed by atoms with van der Waals surface area (Å²) >= 11 is 2.22. The Morgan fingerprint density at radius 2 is 1.58 bits per heavy atom. The van der Waals surface area contributed by atoms with Crippen LogP contribution in [0, 0.1) is 6.92 Å². The Morgan fingerprint density at radius 3 is 2.33 bits per heavy atom. The van der Waals surface area contributed by atoms with Crippen LogP contribution in [-0.2, 0) is 10.0 Å². The summed E-state index contributed by atoms with van der Waals surface area (Å²) in [5.74, 6) is 0. The van der Waals surface area contributed by atoms with Gasteiger partial charge in [0.05, 0.1) is 15.0 Å². The number of nitrogens with zero attached hydrogens (tertiary/aromatic N) is 1. The van der Waals surface area contributed by atoms with Crippen LogP contribution in [0.2, 0.25) is 0 Å². The van der Waals surface area contributed by atoms with Gasteiger partial charge in [-0.2, -0.15) is 4.31 Å². The normalized spacial score (nSPS) is 23.3. The number of benzene rings is 3. The van der Waals surface area contributed by atoms with Crippen LogP contribution in [0.1, 0.15) is 17.2 Å². The van der Waals surface area contributed by atoms with Gasteiger partial charge in [0.2, 0.25) is 10.0 Å². The predicted molar refractivity (Wildman–Crippen MR) is 105 cm³/mol. The molecule has 3 aromatic rings. The predicted octanol–water partition coefficient (Wildman–Crippen LogP) is 4.65. The van der Waals surface area contributed by atoms with Crippen LogP contribution >= 0.6 is 22.6 Å². The Morgan fingerprint density at radius 1 is 0.917 bits per heavy atom. The molecule has 0 amide bonds. The van der Waals surface area contributed by atoms with Crippen LogP contribution in [0.3, 0.4) is 0 Å². The van der Waals surface area contributed by atoms with Gasteiger partial charge in [-0.15, -0.1) is 0 Å². The Balaban J connectivity index is 1.75. The molecule has 0 spiro atoms. The largest absolute Gasteiger partial charge is 0.244 e. The Kier molecular flexibility index (Phi) is 3.89. The number of alkyl halides is 1. The molecule has 1 aliphatic heterocycles. The molecule has 1 heterocycles. The zero-order valence-corrected chi connectivity index (χ0v) is 16.0. The standard InChI is InChI=1S/C19H16INO2S/c1-13-9-11-15(12-10-13)24(22,23)21-18(19(21)20)17-8-4-6-14-5-2-3-7-16(14)17/h2-12,18-19H,1H3. The van der Waals surface area contributed by atoms with Gasteiger partial charge in [0, 0.05) is 0 Å². The van der Waals surface area contributed by atoms with E-state index in [0.717, 1.165) is 21.9 Å². The van der Waals surface area contributed by atoms with Gasteiger partial charge in [0.25, 0.3) is 0 Å². The minimum Gasteiger partial charge on any atom is -0.207 e. The van der Waals surface area contributed by atoms with E-state index in [-0.39, 0.29) is 10.1 Å². The lowest BCUT2D eigenvalue weighted by atomic mass is 10.0. The van der Waals surface area contributed by atoms with Crippen molar-refractivity contribution in [1.29, 1.82) is 0 Å². The third kappa shape index (κ3) is 2.55. The van der Waals surface area contributed by atoms with E-state index >= 15 is 0 Å². The van der Waals surface area contributed by atoms with Crippen LogP contribution in [0.15, 0.2) is 71.6 Å². The molecule has 0 N–H and O–H groups in total. The topological polar surface area (TPSA) is 37.1 Å². The number of hydrogen-bond donors (Lipinski definition) is 0. The summed E-state index contributed by atoms with van der Waals surface area (Å²) in [4.78, 5) is 0.359. The highest BCUT2D eigenvalue weighted by atomic mass is 127. The highest BCUT2D eigenvalue weighted by Crippen LogP contribution is 2.52. The summed E-state index contributed by atoms with van der Waals surface area (Å²) in [5.41, 5.74) is 2.12. The molecule has 1 fully saturated rings. The van der Waals surface area contributed by atoms with Gasteiger partial charge < -0.3 is 0 Å². The smallest absolute Gasteiger partial charge is 0.207 e. The number of sulfonamides is 1. The zero-order valence-electron chi connectivity index (χ0n) is 13.1. The lowest BCUT2D eigenvalue weighted by Gasteiger charge is -2.08. The van der Waals surface area contributed by atoms with E-state index in [1.165, 1.54) is 0 Å². The molecule has 3 nitrogen and oxygen atoms in total. The van der Waals surface area contributed by atoms with Crippen molar-refractivity contribution in [3.63, 3.8) is 0 Å². The number of hydrogen-bond acceptors (Lipinski definition) is 2. The van der Waals surface area contributed by atoms with E-state index in [4.69, 9.17) is 0 Å². The molecule has 0 aromatic heterocycles. The first-order chi connectivity index (χ1) is 11.5. The van der Waals surface area contributed by atoms with Crippen molar-refractivity contribution in [2.45, 2.75) is 21.9 Å². The minimum absolute atomic E-state index is 0.0558. The molecule has 1 saturated heterocycles. The number of halogens is 1. The van der Waals surface area contributed by atoms with Gasteiger partial charge in [-0.05, 0) is 35.4 Å². The van der Waals surface area contributed by atoms with Gasteiger partial charge in [0.15, 0.2) is 0 Å². The molecular formula is C19H16INO2S. The van der Waals surface area contributed by atoms with Crippen LogP contribution in [0.4, 0.5) is 0 Å². The molecule has 0 saturated carbocycles. The quantitative estimate of drug-likeness (QED) is 0.253. The van der Waals surface area contributed by atoms with E-state index in [1.54, 1.807) is 16.4 Å². The molecular weight excluding hydrogens is 433 g/mol. The van der Waals surface area contributed by atoms with E-state index < -0.39 is 10.0 Å². The first-order valence-corrected chi connectivity index (χ1v) is 10.4. The van der Waals surface area contributed by atoms with Gasteiger partial charge >= 0.3 is 0 Å². The van der Waals surface area contributed by atoms with Crippen molar-refractivity contribution in [3.05, 3.63) is 77.9 Å².